The van der Waals surface area contributed by atoms with Crippen LogP contribution >= 0.6 is 0 Å². The van der Waals surface area contributed by atoms with Crippen LogP contribution in [0.4, 0.5) is 13.2 Å². The molecule has 130 valence electrons. The van der Waals surface area contributed by atoms with Crippen molar-refractivity contribution in [2.24, 2.45) is 0 Å². The topological polar surface area (TPSA) is 0 Å². The van der Waals surface area contributed by atoms with Gasteiger partial charge in [0.25, 0.3) is 0 Å². The summed E-state index contributed by atoms with van der Waals surface area (Å²) in [6, 6.07) is 16.1. The van der Waals surface area contributed by atoms with Crippen LogP contribution in [0.2, 0.25) is 0 Å². The van der Waals surface area contributed by atoms with Crippen molar-refractivity contribution in [3.8, 4) is 11.1 Å². The van der Waals surface area contributed by atoms with E-state index >= 15 is 0 Å². The van der Waals surface area contributed by atoms with Crippen molar-refractivity contribution in [1.82, 2.24) is 0 Å². The summed E-state index contributed by atoms with van der Waals surface area (Å²) in [5.74, 6) is 0.420. The fourth-order valence-corrected chi connectivity index (χ4v) is 3.12. The number of aryl methyl sites for hydroxylation is 1. The molecular weight excluding hydrogens is 321 g/mol. The second kappa shape index (κ2) is 6.55. The Labute approximate surface area is 146 Å². The average Bonchev–Trinajstić information content (AvgIpc) is 2.79. The second-order valence-corrected chi connectivity index (χ2v) is 6.87. The molecule has 0 N–H and O–H groups in total. The maximum atomic E-state index is 12.7. The maximum Gasteiger partial charge on any atom is 0.416 e. The van der Waals surface area contributed by atoms with E-state index in [2.05, 4.69) is 51.1 Å². The molecule has 1 aromatic rings. The Morgan fingerprint density at radius 3 is 2.12 bits per heavy atom. The van der Waals surface area contributed by atoms with Crippen LogP contribution in [0.3, 0.4) is 0 Å². The predicted molar refractivity (Wildman–Crippen MR) is 96.1 cm³/mol. The van der Waals surface area contributed by atoms with Crippen molar-refractivity contribution in [2.45, 2.75) is 39.3 Å². The molecule has 1 aromatic carbocycles. The summed E-state index contributed by atoms with van der Waals surface area (Å²) in [5.41, 5.74) is 6.28. The van der Waals surface area contributed by atoms with Crippen LogP contribution in [0.25, 0.3) is 11.1 Å². The highest BCUT2D eigenvalue weighted by Crippen LogP contribution is 2.34. The predicted octanol–water partition coefficient (Wildman–Crippen LogP) is 6.83. The van der Waals surface area contributed by atoms with Gasteiger partial charge in [0.2, 0.25) is 0 Å². The molecule has 0 nitrogen and oxygen atoms in total. The van der Waals surface area contributed by atoms with Crippen molar-refractivity contribution in [1.29, 1.82) is 0 Å². The molecule has 0 spiro atoms. The number of alkyl halides is 3. The van der Waals surface area contributed by atoms with Crippen LogP contribution in [0.5, 0.6) is 0 Å². The summed E-state index contributed by atoms with van der Waals surface area (Å²) >= 11 is 0. The Bertz CT molecular complexity index is 842. The van der Waals surface area contributed by atoms with Gasteiger partial charge in [0.15, 0.2) is 0 Å². The van der Waals surface area contributed by atoms with Gasteiger partial charge in [-0.3, -0.25) is 0 Å². The van der Waals surface area contributed by atoms with E-state index in [1.807, 2.05) is 0 Å². The minimum Gasteiger partial charge on any atom is -0.166 e. The summed E-state index contributed by atoms with van der Waals surface area (Å²) in [4.78, 5) is 0. The first-order valence-electron chi connectivity index (χ1n) is 8.44. The standard InChI is InChI=1S/C22H21F3/c1-14(2)17-7-8-18(20-11-4-15(3)21(20)13-17)12-16-5-9-19(10-6-16)22(23,24)25/h4-11,13-14H,12H2,1-3H3. The molecule has 0 atom stereocenters. The number of benzene rings is 1. The van der Waals surface area contributed by atoms with Crippen LogP contribution in [0.15, 0.2) is 54.6 Å². The molecule has 0 amide bonds. The first-order chi connectivity index (χ1) is 11.8. The average molecular weight is 342 g/mol. The van der Waals surface area contributed by atoms with E-state index in [-0.39, 0.29) is 0 Å². The first kappa shape index (κ1) is 17.5. The van der Waals surface area contributed by atoms with Gasteiger partial charge in [-0.05, 0) is 64.8 Å². The van der Waals surface area contributed by atoms with Gasteiger partial charge < -0.3 is 0 Å². The minimum atomic E-state index is -4.29. The molecule has 0 fully saturated rings. The molecule has 0 heterocycles. The molecule has 3 rings (SSSR count). The molecule has 0 aliphatic heterocycles. The van der Waals surface area contributed by atoms with E-state index in [1.54, 1.807) is 12.1 Å². The highest BCUT2D eigenvalue weighted by Gasteiger charge is 2.29. The zero-order valence-corrected chi connectivity index (χ0v) is 14.6. The van der Waals surface area contributed by atoms with Crippen molar-refractivity contribution in [2.75, 3.05) is 0 Å². The van der Waals surface area contributed by atoms with Crippen molar-refractivity contribution >= 4 is 0 Å². The van der Waals surface area contributed by atoms with Gasteiger partial charge in [-0.25, -0.2) is 0 Å². The lowest BCUT2D eigenvalue weighted by Crippen LogP contribution is -2.04. The number of halogens is 3. The zero-order valence-electron chi connectivity index (χ0n) is 14.6. The molecule has 2 aliphatic carbocycles. The molecule has 0 radical (unpaired) electrons. The van der Waals surface area contributed by atoms with E-state index in [4.69, 9.17) is 0 Å². The maximum absolute atomic E-state index is 12.7. The number of hydrogen-bond donors (Lipinski definition) is 0. The van der Waals surface area contributed by atoms with Gasteiger partial charge in [0.05, 0.1) is 5.56 Å². The summed E-state index contributed by atoms with van der Waals surface area (Å²) < 4.78 is 38.2. The highest BCUT2D eigenvalue weighted by atomic mass is 19.4. The third kappa shape index (κ3) is 3.71. The van der Waals surface area contributed by atoms with Crippen LogP contribution in [-0.4, -0.2) is 0 Å². The molecule has 0 saturated heterocycles. The number of hydrogen-bond acceptors (Lipinski definition) is 0. The Hall–Kier alpha value is -2.29. The third-order valence-electron chi connectivity index (χ3n) is 4.69. The minimum absolute atomic E-state index is 0.420. The van der Waals surface area contributed by atoms with Gasteiger partial charge in [-0.1, -0.05) is 56.3 Å². The quantitative estimate of drug-likeness (QED) is 0.489. The van der Waals surface area contributed by atoms with Gasteiger partial charge in [0.1, 0.15) is 0 Å². The van der Waals surface area contributed by atoms with Gasteiger partial charge >= 0.3 is 6.18 Å². The summed E-state index contributed by atoms with van der Waals surface area (Å²) in [6.45, 7) is 6.41. The summed E-state index contributed by atoms with van der Waals surface area (Å²) in [5, 5.41) is 0. The first-order valence-corrected chi connectivity index (χ1v) is 8.44. The fraction of sp³-hybridized carbons (Fsp3) is 0.273. The van der Waals surface area contributed by atoms with Crippen molar-refractivity contribution in [3.63, 3.8) is 0 Å². The largest absolute Gasteiger partial charge is 0.416 e. The lowest BCUT2D eigenvalue weighted by molar-refractivity contribution is -0.137. The SMILES string of the molecule is Cc1ccc2c(Cc3ccc(C(F)(F)F)cc3)ccc(C(C)C)cc1-2. The highest BCUT2D eigenvalue weighted by molar-refractivity contribution is 5.74. The monoisotopic (exact) mass is 342 g/mol. The van der Waals surface area contributed by atoms with Crippen LogP contribution in [0.1, 0.15) is 47.6 Å². The molecule has 0 saturated carbocycles. The third-order valence-corrected chi connectivity index (χ3v) is 4.69. The van der Waals surface area contributed by atoms with Crippen LogP contribution in [-0.2, 0) is 12.6 Å². The molecule has 3 heteroatoms. The molecule has 0 bridgehead atoms. The van der Waals surface area contributed by atoms with Gasteiger partial charge in [-0.2, -0.15) is 13.2 Å². The normalized spacial score (nSPS) is 12.1. The molecule has 25 heavy (non-hydrogen) atoms. The van der Waals surface area contributed by atoms with Crippen LogP contribution in [0, 0.1) is 6.92 Å². The summed E-state index contributed by atoms with van der Waals surface area (Å²) in [6.07, 6.45) is -3.68. The van der Waals surface area contributed by atoms with Crippen LogP contribution < -0.4 is 0 Å². The second-order valence-electron chi connectivity index (χ2n) is 6.87. The summed E-state index contributed by atoms with van der Waals surface area (Å²) in [7, 11) is 0. The zero-order chi connectivity index (χ0) is 18.2. The molecule has 0 aromatic heterocycles. The van der Waals surface area contributed by atoms with Crippen molar-refractivity contribution < 1.29 is 13.2 Å². The van der Waals surface area contributed by atoms with Gasteiger partial charge in [0, 0.05) is 0 Å². The van der Waals surface area contributed by atoms with E-state index in [1.165, 1.54) is 22.3 Å². The fourth-order valence-electron chi connectivity index (χ4n) is 3.12. The molecule has 2 aliphatic rings. The smallest absolute Gasteiger partial charge is 0.166 e. The lowest BCUT2D eigenvalue weighted by atomic mass is 9.98. The Kier molecular flexibility index (Phi) is 4.59. The number of fused-ring (bicyclic) bond motifs is 1. The molecule has 0 unspecified atom stereocenters. The molecular formula is C22H21F3. The van der Waals surface area contributed by atoms with E-state index < -0.39 is 11.7 Å². The Balaban J connectivity index is 1.99. The Morgan fingerprint density at radius 1 is 0.840 bits per heavy atom. The van der Waals surface area contributed by atoms with Crippen molar-refractivity contribution in [3.05, 3.63) is 82.4 Å². The van der Waals surface area contributed by atoms with E-state index in [9.17, 15) is 13.2 Å². The number of rotatable bonds is 3. The van der Waals surface area contributed by atoms with E-state index in [0.717, 1.165) is 23.3 Å². The Morgan fingerprint density at radius 2 is 1.52 bits per heavy atom. The lowest BCUT2D eigenvalue weighted by Gasteiger charge is -2.09. The van der Waals surface area contributed by atoms with E-state index in [0.29, 0.717) is 12.3 Å². The van der Waals surface area contributed by atoms with Gasteiger partial charge in [-0.15, -0.1) is 0 Å².